The molecule has 0 bridgehead atoms. The molecule has 102 valence electrons. The van der Waals surface area contributed by atoms with Gasteiger partial charge in [-0.05, 0) is 50.2 Å². The zero-order chi connectivity index (χ0) is 12.8. The minimum atomic E-state index is 0.311. The van der Waals surface area contributed by atoms with Gasteiger partial charge < -0.3 is 10.1 Å². The maximum atomic E-state index is 5.53. The smallest absolute Gasteiger partial charge is 0.187 e. The van der Waals surface area contributed by atoms with Crippen molar-refractivity contribution in [2.75, 3.05) is 13.2 Å². The van der Waals surface area contributed by atoms with Crippen molar-refractivity contribution in [2.24, 2.45) is 11.0 Å². The molecule has 2 rings (SSSR count). The van der Waals surface area contributed by atoms with Gasteiger partial charge in [-0.3, -0.25) is 5.43 Å². The first kappa shape index (κ1) is 13.7. The highest BCUT2D eigenvalue weighted by Crippen LogP contribution is 2.20. The average molecular weight is 269 g/mol. The highest BCUT2D eigenvalue weighted by Gasteiger charge is 2.17. The van der Waals surface area contributed by atoms with Gasteiger partial charge in [0, 0.05) is 18.9 Å². The molecule has 4 nitrogen and oxygen atoms in total. The van der Waals surface area contributed by atoms with Gasteiger partial charge in [-0.2, -0.15) is 5.10 Å². The number of thiocarbonyl (C=S) groups is 1. The summed E-state index contributed by atoms with van der Waals surface area (Å²) in [5.41, 5.74) is 4.21. The fourth-order valence-electron chi connectivity index (χ4n) is 2.51. The molecule has 2 atom stereocenters. The molecule has 18 heavy (non-hydrogen) atoms. The topological polar surface area (TPSA) is 45.7 Å². The van der Waals surface area contributed by atoms with E-state index in [-0.39, 0.29) is 0 Å². The molecule has 2 N–H and O–H groups in total. The standard InChI is InChI=1S/C13H23N3OS/c1-10-5-2-3-7-12(10)15-16-13(18)14-9-11-6-4-8-17-11/h10-11H,2-9H2,1H3,(H2,14,16,18)/t10-,11+/m0/s1. The van der Waals surface area contributed by atoms with Crippen LogP contribution >= 0.6 is 12.2 Å². The van der Waals surface area contributed by atoms with E-state index in [9.17, 15) is 0 Å². The Morgan fingerprint density at radius 1 is 1.39 bits per heavy atom. The first-order valence-corrected chi connectivity index (χ1v) is 7.38. The van der Waals surface area contributed by atoms with E-state index in [1.165, 1.54) is 25.0 Å². The summed E-state index contributed by atoms with van der Waals surface area (Å²) < 4.78 is 5.53. The first-order chi connectivity index (χ1) is 8.75. The van der Waals surface area contributed by atoms with Crippen molar-refractivity contribution in [1.82, 2.24) is 10.7 Å². The van der Waals surface area contributed by atoms with Crippen molar-refractivity contribution in [3.05, 3.63) is 0 Å². The van der Waals surface area contributed by atoms with Crippen LogP contribution in [0.5, 0.6) is 0 Å². The fraction of sp³-hybridized carbons (Fsp3) is 0.846. The normalized spacial score (nSPS) is 30.4. The zero-order valence-electron chi connectivity index (χ0n) is 11.1. The van der Waals surface area contributed by atoms with Crippen molar-refractivity contribution in [3.8, 4) is 0 Å². The second-order valence-electron chi connectivity index (χ2n) is 5.21. The van der Waals surface area contributed by atoms with Crippen molar-refractivity contribution in [3.63, 3.8) is 0 Å². The number of nitrogens with one attached hydrogen (secondary N) is 2. The SMILES string of the molecule is C[C@H]1CCCCC1=NNC(=S)NC[C@H]1CCCO1. The van der Waals surface area contributed by atoms with Gasteiger partial charge in [-0.1, -0.05) is 13.3 Å². The summed E-state index contributed by atoms with van der Waals surface area (Å²) in [5.74, 6) is 0.590. The van der Waals surface area contributed by atoms with Crippen LogP contribution < -0.4 is 10.7 Å². The zero-order valence-corrected chi connectivity index (χ0v) is 11.9. The molecule has 1 saturated heterocycles. The number of hydrazone groups is 1. The van der Waals surface area contributed by atoms with Gasteiger partial charge in [0.05, 0.1) is 6.10 Å². The van der Waals surface area contributed by atoms with Crippen molar-refractivity contribution in [1.29, 1.82) is 0 Å². The van der Waals surface area contributed by atoms with Gasteiger partial charge in [0.2, 0.25) is 0 Å². The molecule has 0 aromatic carbocycles. The van der Waals surface area contributed by atoms with E-state index in [0.717, 1.165) is 32.4 Å². The monoisotopic (exact) mass is 269 g/mol. The van der Waals surface area contributed by atoms with Gasteiger partial charge >= 0.3 is 0 Å². The van der Waals surface area contributed by atoms with Crippen LogP contribution in [0.2, 0.25) is 0 Å². The Morgan fingerprint density at radius 2 is 2.28 bits per heavy atom. The maximum Gasteiger partial charge on any atom is 0.187 e. The van der Waals surface area contributed by atoms with Gasteiger partial charge in [0.15, 0.2) is 5.11 Å². The lowest BCUT2D eigenvalue weighted by Gasteiger charge is -2.20. The number of nitrogens with zero attached hydrogens (tertiary/aromatic N) is 1. The molecule has 1 saturated carbocycles. The first-order valence-electron chi connectivity index (χ1n) is 6.97. The van der Waals surface area contributed by atoms with Crippen LogP contribution in [-0.4, -0.2) is 30.1 Å². The lowest BCUT2D eigenvalue weighted by atomic mass is 9.89. The third kappa shape index (κ3) is 4.21. The molecule has 0 aromatic heterocycles. The summed E-state index contributed by atoms with van der Waals surface area (Å²) in [4.78, 5) is 0. The van der Waals surface area contributed by atoms with E-state index in [4.69, 9.17) is 17.0 Å². The number of rotatable bonds is 3. The van der Waals surface area contributed by atoms with Crippen LogP contribution in [0.15, 0.2) is 5.10 Å². The molecule has 5 heteroatoms. The van der Waals surface area contributed by atoms with Crippen molar-refractivity contribution >= 4 is 23.0 Å². The Bertz CT molecular complexity index is 313. The molecule has 0 aromatic rings. The molecule has 2 aliphatic rings. The minimum Gasteiger partial charge on any atom is -0.376 e. The van der Waals surface area contributed by atoms with E-state index >= 15 is 0 Å². The summed E-state index contributed by atoms with van der Waals surface area (Å²) in [6.45, 7) is 3.90. The van der Waals surface area contributed by atoms with Crippen molar-refractivity contribution in [2.45, 2.75) is 51.6 Å². The highest BCUT2D eigenvalue weighted by molar-refractivity contribution is 7.80. The predicted molar refractivity (Wildman–Crippen MR) is 77.8 cm³/mol. The summed E-state index contributed by atoms with van der Waals surface area (Å²) >= 11 is 5.21. The molecule has 1 aliphatic carbocycles. The Labute approximate surface area is 115 Å². The second kappa shape index (κ2) is 7.04. The van der Waals surface area contributed by atoms with E-state index in [1.54, 1.807) is 0 Å². The lowest BCUT2D eigenvalue weighted by molar-refractivity contribution is 0.114. The molecular weight excluding hydrogens is 246 g/mol. The van der Waals surface area contributed by atoms with Crippen LogP contribution in [0.4, 0.5) is 0 Å². The lowest BCUT2D eigenvalue weighted by Crippen LogP contribution is -2.38. The van der Waals surface area contributed by atoms with Gasteiger partial charge in [-0.15, -0.1) is 0 Å². The summed E-state index contributed by atoms with van der Waals surface area (Å²) in [5, 5.41) is 8.21. The van der Waals surface area contributed by atoms with E-state index in [2.05, 4.69) is 22.8 Å². The van der Waals surface area contributed by atoms with E-state index < -0.39 is 0 Å². The number of ether oxygens (including phenoxy) is 1. The summed E-state index contributed by atoms with van der Waals surface area (Å²) in [6, 6.07) is 0. The molecule has 2 fully saturated rings. The quantitative estimate of drug-likeness (QED) is 0.609. The Balaban J connectivity index is 1.68. The van der Waals surface area contributed by atoms with Crippen LogP contribution in [0.3, 0.4) is 0 Å². The molecule has 0 amide bonds. The minimum absolute atomic E-state index is 0.311. The predicted octanol–water partition coefficient (Wildman–Crippen LogP) is 2.20. The van der Waals surface area contributed by atoms with Gasteiger partial charge in [0.1, 0.15) is 0 Å². The molecule has 0 radical (unpaired) electrons. The molecule has 0 unspecified atom stereocenters. The summed E-state index contributed by atoms with van der Waals surface area (Å²) in [7, 11) is 0. The Hall–Kier alpha value is -0.680. The highest BCUT2D eigenvalue weighted by atomic mass is 32.1. The van der Waals surface area contributed by atoms with E-state index in [0.29, 0.717) is 17.1 Å². The van der Waals surface area contributed by atoms with E-state index in [1.807, 2.05) is 0 Å². The second-order valence-corrected chi connectivity index (χ2v) is 5.62. The number of hydrogen-bond donors (Lipinski definition) is 2. The Kier molecular flexibility index (Phi) is 5.38. The van der Waals surface area contributed by atoms with Gasteiger partial charge in [0.25, 0.3) is 0 Å². The Morgan fingerprint density at radius 3 is 3.00 bits per heavy atom. The third-order valence-corrected chi connectivity index (χ3v) is 3.94. The molecular formula is C13H23N3OS. The fourth-order valence-corrected chi connectivity index (χ4v) is 2.64. The van der Waals surface area contributed by atoms with Crippen LogP contribution in [0.25, 0.3) is 0 Å². The average Bonchev–Trinajstić information content (AvgIpc) is 2.88. The molecule has 1 heterocycles. The molecule has 1 aliphatic heterocycles. The van der Waals surface area contributed by atoms with Crippen molar-refractivity contribution < 1.29 is 4.74 Å². The largest absolute Gasteiger partial charge is 0.376 e. The maximum absolute atomic E-state index is 5.53. The summed E-state index contributed by atoms with van der Waals surface area (Å²) in [6.07, 6.45) is 7.51. The van der Waals surface area contributed by atoms with Crippen LogP contribution in [-0.2, 0) is 4.74 Å². The van der Waals surface area contributed by atoms with Crippen LogP contribution in [0, 0.1) is 5.92 Å². The van der Waals surface area contributed by atoms with Gasteiger partial charge in [-0.25, -0.2) is 0 Å². The van der Waals surface area contributed by atoms with Crippen LogP contribution in [0.1, 0.15) is 45.4 Å². The molecule has 0 spiro atoms. The third-order valence-electron chi connectivity index (χ3n) is 3.70. The number of hydrogen-bond acceptors (Lipinski definition) is 3.